The van der Waals surface area contributed by atoms with Crippen molar-refractivity contribution >= 4 is 44.8 Å². The Bertz CT molecular complexity index is 1440. The highest BCUT2D eigenvalue weighted by Crippen LogP contribution is 2.35. The van der Waals surface area contributed by atoms with Crippen molar-refractivity contribution in [2.24, 2.45) is 0 Å². The highest BCUT2D eigenvalue weighted by Gasteiger charge is 2.35. The van der Waals surface area contributed by atoms with Crippen LogP contribution in [0.1, 0.15) is 22.3 Å². The van der Waals surface area contributed by atoms with E-state index in [1.807, 2.05) is 0 Å². The molecule has 0 saturated heterocycles. The smallest absolute Gasteiger partial charge is 0.365 e. The van der Waals surface area contributed by atoms with Crippen LogP contribution in [0.3, 0.4) is 0 Å². The second-order valence-electron chi connectivity index (χ2n) is 8.39. The Morgan fingerprint density at radius 3 is 2.61 bits per heavy atom. The van der Waals surface area contributed by atoms with Gasteiger partial charge in [0.1, 0.15) is 11.4 Å². The summed E-state index contributed by atoms with van der Waals surface area (Å²) in [5.74, 6) is -0.692. The molecule has 0 fully saturated rings. The number of nitrogens with one attached hydrogen (secondary N) is 3. The van der Waals surface area contributed by atoms with Crippen LogP contribution in [0, 0.1) is 6.92 Å². The Morgan fingerprint density at radius 1 is 1.17 bits per heavy atom. The second-order valence-corrected chi connectivity index (χ2v) is 10.4. The number of anilines is 5. The summed E-state index contributed by atoms with van der Waals surface area (Å²) < 4.78 is 66.2. The number of sulfonamides is 1. The number of hydrogen-bond donors (Lipinski definition) is 3. The van der Waals surface area contributed by atoms with Gasteiger partial charge in [-0.1, -0.05) is 12.1 Å². The molecule has 0 atom stereocenters. The molecule has 1 amide bonds. The van der Waals surface area contributed by atoms with Crippen LogP contribution in [0.25, 0.3) is 0 Å². The first kappa shape index (κ1) is 25.2. The van der Waals surface area contributed by atoms with Crippen LogP contribution >= 0.6 is 0 Å². The van der Waals surface area contributed by atoms with Crippen molar-refractivity contribution in [3.8, 4) is 0 Å². The summed E-state index contributed by atoms with van der Waals surface area (Å²) >= 11 is 0. The predicted octanol–water partition coefficient (Wildman–Crippen LogP) is 4.05. The molecule has 0 saturated carbocycles. The molecule has 36 heavy (non-hydrogen) atoms. The lowest BCUT2D eigenvalue weighted by Crippen LogP contribution is -2.26. The molecule has 0 spiro atoms. The Labute approximate surface area is 205 Å². The van der Waals surface area contributed by atoms with Gasteiger partial charge in [-0.25, -0.2) is 13.4 Å². The molecule has 2 aromatic carbocycles. The maximum absolute atomic E-state index is 13.7. The minimum absolute atomic E-state index is 0.0832. The lowest BCUT2D eigenvalue weighted by atomic mass is 10.1. The molecule has 0 bridgehead atoms. The van der Waals surface area contributed by atoms with Gasteiger partial charge < -0.3 is 16.0 Å². The standard InChI is InChI=1S/C23H23F3N6O3S/c1-13-4-5-14(19(8-13)32(2)36(3,34)35)11-27-21-17(23(24,25)26)12-28-22(31-21)29-16-6-7-18-15(9-16)10-20(33)30-18/h4-9,12H,10-11H2,1-3H3,(H,30,33)(H2,27,28,29,31). The number of aromatic nitrogens is 2. The van der Waals surface area contributed by atoms with Crippen LogP contribution in [-0.4, -0.2) is 37.6 Å². The number of aryl methyl sites for hydroxylation is 1. The number of carbonyl (C=O) groups is 1. The fraction of sp³-hybridized carbons (Fsp3) is 0.261. The molecular weight excluding hydrogens is 497 g/mol. The summed E-state index contributed by atoms with van der Waals surface area (Å²) in [6.07, 6.45) is -2.80. The zero-order valence-corrected chi connectivity index (χ0v) is 20.4. The van der Waals surface area contributed by atoms with Crippen LogP contribution in [0.4, 0.5) is 42.0 Å². The third-order valence-electron chi connectivity index (χ3n) is 5.60. The molecule has 9 nitrogen and oxygen atoms in total. The second kappa shape index (κ2) is 9.30. The molecule has 1 aliphatic heterocycles. The first-order valence-electron chi connectivity index (χ1n) is 10.7. The highest BCUT2D eigenvalue weighted by atomic mass is 32.2. The van der Waals surface area contributed by atoms with Crippen molar-refractivity contribution in [2.45, 2.75) is 26.1 Å². The van der Waals surface area contributed by atoms with Crippen LogP contribution in [0.5, 0.6) is 0 Å². The number of benzene rings is 2. The Morgan fingerprint density at radius 2 is 1.92 bits per heavy atom. The fourth-order valence-corrected chi connectivity index (χ4v) is 4.22. The summed E-state index contributed by atoms with van der Waals surface area (Å²) in [6, 6.07) is 10.1. The summed E-state index contributed by atoms with van der Waals surface area (Å²) in [5, 5.41) is 8.26. The molecule has 3 N–H and O–H groups in total. The van der Waals surface area contributed by atoms with Crippen molar-refractivity contribution in [3.63, 3.8) is 0 Å². The predicted molar refractivity (Wildman–Crippen MR) is 131 cm³/mol. The van der Waals surface area contributed by atoms with E-state index >= 15 is 0 Å². The first-order valence-corrected chi connectivity index (χ1v) is 12.6. The molecule has 0 radical (unpaired) electrons. The van der Waals surface area contributed by atoms with Crippen molar-refractivity contribution in [3.05, 3.63) is 64.8 Å². The molecule has 3 aromatic rings. The van der Waals surface area contributed by atoms with E-state index in [0.29, 0.717) is 28.8 Å². The average molecular weight is 521 g/mol. The number of carbonyl (C=O) groups excluding carboxylic acids is 1. The van der Waals surface area contributed by atoms with E-state index in [2.05, 4.69) is 25.9 Å². The molecule has 0 unspecified atom stereocenters. The highest BCUT2D eigenvalue weighted by molar-refractivity contribution is 7.92. The zero-order chi connectivity index (χ0) is 26.3. The maximum atomic E-state index is 13.7. The molecule has 190 valence electrons. The monoisotopic (exact) mass is 520 g/mol. The third kappa shape index (κ3) is 5.51. The van der Waals surface area contributed by atoms with Gasteiger partial charge in [0.25, 0.3) is 0 Å². The van der Waals surface area contributed by atoms with Crippen LogP contribution in [-0.2, 0) is 34.0 Å². The van der Waals surface area contributed by atoms with Gasteiger partial charge >= 0.3 is 6.18 Å². The van der Waals surface area contributed by atoms with Gasteiger partial charge in [-0.15, -0.1) is 0 Å². The van der Waals surface area contributed by atoms with Crippen molar-refractivity contribution < 1.29 is 26.4 Å². The summed E-state index contributed by atoms with van der Waals surface area (Å²) in [5.41, 5.74) is 2.46. The molecule has 1 aliphatic rings. The molecular formula is C23H23F3N6O3S. The van der Waals surface area contributed by atoms with E-state index in [1.165, 1.54) is 7.05 Å². The third-order valence-corrected chi connectivity index (χ3v) is 6.80. The molecule has 1 aromatic heterocycles. The normalized spacial score (nSPS) is 13.2. The molecule has 2 heterocycles. The van der Waals surface area contributed by atoms with Crippen molar-refractivity contribution in [1.82, 2.24) is 9.97 Å². The number of rotatable bonds is 7. The summed E-state index contributed by atoms with van der Waals surface area (Å²) in [6.45, 7) is 1.66. The van der Waals surface area contributed by atoms with Crippen LogP contribution in [0.2, 0.25) is 0 Å². The van der Waals surface area contributed by atoms with Crippen molar-refractivity contribution in [2.75, 3.05) is 33.6 Å². The van der Waals surface area contributed by atoms with Crippen molar-refractivity contribution in [1.29, 1.82) is 0 Å². The van der Waals surface area contributed by atoms with Gasteiger partial charge in [-0.2, -0.15) is 18.2 Å². The SMILES string of the molecule is Cc1ccc(CNc2nc(Nc3ccc4c(c3)CC(=O)N4)ncc2C(F)(F)F)c(N(C)S(C)(=O)=O)c1. The van der Waals surface area contributed by atoms with Crippen LogP contribution < -0.4 is 20.3 Å². The maximum Gasteiger partial charge on any atom is 0.421 e. The number of alkyl halides is 3. The minimum Gasteiger partial charge on any atom is -0.365 e. The lowest BCUT2D eigenvalue weighted by molar-refractivity contribution is -0.137. The van der Waals surface area contributed by atoms with Gasteiger partial charge in [0.05, 0.1) is 18.4 Å². The van der Waals surface area contributed by atoms with Gasteiger partial charge in [0, 0.05) is 31.2 Å². The lowest BCUT2D eigenvalue weighted by Gasteiger charge is -2.22. The summed E-state index contributed by atoms with van der Waals surface area (Å²) in [4.78, 5) is 19.4. The first-order chi connectivity index (χ1) is 16.8. The number of fused-ring (bicyclic) bond motifs is 1. The van der Waals surface area contributed by atoms with E-state index in [9.17, 15) is 26.4 Å². The minimum atomic E-state index is -4.72. The molecule has 4 rings (SSSR count). The topological polar surface area (TPSA) is 116 Å². The Hall–Kier alpha value is -3.87. The van der Waals surface area contributed by atoms with E-state index in [4.69, 9.17) is 0 Å². The van der Waals surface area contributed by atoms with Gasteiger partial charge in [-0.05, 0) is 47.9 Å². The average Bonchev–Trinajstić information content (AvgIpc) is 3.15. The van der Waals surface area contributed by atoms with Gasteiger partial charge in [-0.3, -0.25) is 9.10 Å². The zero-order valence-electron chi connectivity index (χ0n) is 19.6. The van der Waals surface area contributed by atoms with Gasteiger partial charge in [0.2, 0.25) is 21.9 Å². The Kier molecular flexibility index (Phi) is 6.52. The number of amides is 1. The van der Waals surface area contributed by atoms with E-state index < -0.39 is 27.6 Å². The molecule has 0 aliphatic carbocycles. The van der Waals surface area contributed by atoms with Crippen LogP contribution in [0.15, 0.2) is 42.6 Å². The quantitative estimate of drug-likeness (QED) is 0.430. The molecule has 13 heteroatoms. The largest absolute Gasteiger partial charge is 0.421 e. The fourth-order valence-electron chi connectivity index (χ4n) is 3.69. The van der Waals surface area contributed by atoms with E-state index in [1.54, 1.807) is 43.3 Å². The number of nitrogens with zero attached hydrogens (tertiary/aromatic N) is 3. The summed E-state index contributed by atoms with van der Waals surface area (Å²) in [7, 11) is -2.22. The number of halogens is 3. The van der Waals surface area contributed by atoms with E-state index in [-0.39, 0.29) is 24.8 Å². The van der Waals surface area contributed by atoms with E-state index in [0.717, 1.165) is 21.7 Å². The van der Waals surface area contributed by atoms with Gasteiger partial charge in [0.15, 0.2) is 0 Å². The number of hydrogen-bond acceptors (Lipinski definition) is 7. The Balaban J connectivity index is 1.63.